The van der Waals surface area contributed by atoms with Crippen molar-refractivity contribution in [2.75, 3.05) is 38.5 Å². The first-order chi connectivity index (χ1) is 11.7. The molecule has 2 aromatic carbocycles. The third-order valence-electron chi connectivity index (χ3n) is 4.38. The van der Waals surface area contributed by atoms with E-state index in [-0.39, 0.29) is 0 Å². The first kappa shape index (κ1) is 17.1. The predicted octanol–water partition coefficient (Wildman–Crippen LogP) is 2.32. The molecule has 0 radical (unpaired) electrons. The molecule has 1 fully saturated rings. The maximum atomic E-state index is 12.3. The highest BCUT2D eigenvalue weighted by molar-refractivity contribution is 7.85. The Morgan fingerprint density at radius 3 is 2.33 bits per heavy atom. The molecule has 2 aromatic rings. The molecular formula is C19H24N2O2S. The zero-order valence-electron chi connectivity index (χ0n) is 13.8. The average molecular weight is 344 g/mol. The minimum Gasteiger partial charge on any atom is -0.508 e. The maximum absolute atomic E-state index is 12.3. The van der Waals surface area contributed by atoms with Crippen molar-refractivity contribution >= 4 is 10.8 Å². The van der Waals surface area contributed by atoms with E-state index in [0.717, 1.165) is 49.7 Å². The maximum Gasteiger partial charge on any atom is 0.115 e. The van der Waals surface area contributed by atoms with Crippen LogP contribution in [0.3, 0.4) is 0 Å². The van der Waals surface area contributed by atoms with E-state index in [2.05, 4.69) is 15.9 Å². The summed E-state index contributed by atoms with van der Waals surface area (Å²) in [6.45, 7) is 5.77. The third-order valence-corrected chi connectivity index (χ3v) is 5.73. The molecule has 128 valence electrons. The summed E-state index contributed by atoms with van der Waals surface area (Å²) in [4.78, 5) is 5.71. The number of phenolic OH excluding ortho intramolecular Hbond substituents is 1. The lowest BCUT2D eigenvalue weighted by Crippen LogP contribution is -2.46. The molecule has 5 heteroatoms. The van der Waals surface area contributed by atoms with E-state index in [1.807, 2.05) is 42.5 Å². The summed E-state index contributed by atoms with van der Waals surface area (Å²) in [5.41, 5.74) is 1.15. The molecule has 1 atom stereocenters. The van der Waals surface area contributed by atoms with Gasteiger partial charge >= 0.3 is 0 Å². The number of hydrogen-bond donors (Lipinski definition) is 1. The second-order valence-corrected chi connectivity index (χ2v) is 7.72. The Labute approximate surface area is 146 Å². The van der Waals surface area contributed by atoms with Gasteiger partial charge in [0.1, 0.15) is 5.75 Å². The number of benzene rings is 2. The molecule has 1 saturated heterocycles. The standard InChI is InChI=1S/C19H24N2O2S/c22-18-6-4-5-17(15-18)16-21-11-9-20(10-12-21)13-14-24(23)19-7-2-1-3-8-19/h1-8,15,22H,9-14,16H2. The minimum absolute atomic E-state index is 0.328. The number of piperazine rings is 1. The predicted molar refractivity (Wildman–Crippen MR) is 97.5 cm³/mol. The molecule has 1 aliphatic rings. The molecule has 0 amide bonds. The molecule has 0 bridgehead atoms. The Kier molecular flexibility index (Phi) is 6.01. The summed E-state index contributed by atoms with van der Waals surface area (Å²) < 4.78 is 12.3. The Balaban J connectivity index is 1.41. The second kappa shape index (κ2) is 8.42. The molecule has 4 nitrogen and oxygen atoms in total. The van der Waals surface area contributed by atoms with Crippen molar-refractivity contribution in [3.8, 4) is 5.75 Å². The molecule has 1 heterocycles. The van der Waals surface area contributed by atoms with Crippen LogP contribution in [0.25, 0.3) is 0 Å². The van der Waals surface area contributed by atoms with E-state index in [0.29, 0.717) is 11.5 Å². The van der Waals surface area contributed by atoms with Gasteiger partial charge in [-0.2, -0.15) is 0 Å². The highest BCUT2D eigenvalue weighted by atomic mass is 32.2. The van der Waals surface area contributed by atoms with E-state index < -0.39 is 10.8 Å². The van der Waals surface area contributed by atoms with Gasteiger partial charge in [-0.05, 0) is 29.8 Å². The number of phenols is 1. The molecule has 0 aromatic heterocycles. The van der Waals surface area contributed by atoms with E-state index >= 15 is 0 Å². The fourth-order valence-corrected chi connectivity index (χ4v) is 4.11. The summed E-state index contributed by atoms with van der Waals surface area (Å²) in [7, 11) is -0.911. The van der Waals surface area contributed by atoms with Gasteiger partial charge in [-0.15, -0.1) is 0 Å². The van der Waals surface area contributed by atoms with Gasteiger partial charge in [-0.3, -0.25) is 14.0 Å². The smallest absolute Gasteiger partial charge is 0.115 e. The molecule has 1 unspecified atom stereocenters. The van der Waals surface area contributed by atoms with Crippen molar-refractivity contribution in [1.29, 1.82) is 0 Å². The number of nitrogens with zero attached hydrogens (tertiary/aromatic N) is 2. The summed E-state index contributed by atoms with van der Waals surface area (Å²) in [6, 6.07) is 17.2. The van der Waals surface area contributed by atoms with Gasteiger partial charge < -0.3 is 5.11 Å². The molecule has 1 N–H and O–H groups in total. The van der Waals surface area contributed by atoms with Crippen LogP contribution < -0.4 is 0 Å². The van der Waals surface area contributed by atoms with Gasteiger partial charge in [-0.1, -0.05) is 30.3 Å². The first-order valence-electron chi connectivity index (χ1n) is 8.37. The zero-order chi connectivity index (χ0) is 16.8. The Morgan fingerprint density at radius 2 is 1.62 bits per heavy atom. The fraction of sp³-hybridized carbons (Fsp3) is 0.368. The quantitative estimate of drug-likeness (QED) is 0.873. The molecule has 0 aliphatic carbocycles. The SMILES string of the molecule is O=S(CCN1CCN(Cc2cccc(O)c2)CC1)c1ccccc1. The Bertz CT molecular complexity index is 670. The minimum atomic E-state index is -0.911. The van der Waals surface area contributed by atoms with Crippen molar-refractivity contribution in [2.45, 2.75) is 11.4 Å². The molecule has 0 spiro atoms. The average Bonchev–Trinajstić information content (AvgIpc) is 2.62. The summed E-state index contributed by atoms with van der Waals surface area (Å²) >= 11 is 0. The van der Waals surface area contributed by atoms with E-state index in [1.165, 1.54) is 0 Å². The van der Waals surface area contributed by atoms with Gasteiger partial charge in [0, 0.05) is 49.9 Å². The van der Waals surface area contributed by atoms with Crippen LogP contribution in [0.1, 0.15) is 5.56 Å². The Hall–Kier alpha value is -1.69. The first-order valence-corrected chi connectivity index (χ1v) is 9.68. The molecule has 3 rings (SSSR count). The van der Waals surface area contributed by atoms with Crippen molar-refractivity contribution in [3.63, 3.8) is 0 Å². The normalized spacial score (nSPS) is 17.7. The molecular weight excluding hydrogens is 320 g/mol. The van der Waals surface area contributed by atoms with Crippen molar-refractivity contribution in [1.82, 2.24) is 9.80 Å². The lowest BCUT2D eigenvalue weighted by atomic mass is 10.2. The van der Waals surface area contributed by atoms with Gasteiger partial charge in [-0.25, -0.2) is 0 Å². The van der Waals surface area contributed by atoms with Crippen molar-refractivity contribution < 1.29 is 9.32 Å². The van der Waals surface area contributed by atoms with Crippen LogP contribution in [0.5, 0.6) is 5.75 Å². The van der Waals surface area contributed by atoms with Crippen molar-refractivity contribution in [2.24, 2.45) is 0 Å². The fourth-order valence-electron chi connectivity index (χ4n) is 2.99. The highest BCUT2D eigenvalue weighted by Crippen LogP contribution is 2.14. The second-order valence-electron chi connectivity index (χ2n) is 6.15. The van der Waals surface area contributed by atoms with Crippen LogP contribution in [-0.2, 0) is 17.3 Å². The zero-order valence-corrected chi connectivity index (χ0v) is 14.6. The largest absolute Gasteiger partial charge is 0.508 e. The lowest BCUT2D eigenvalue weighted by Gasteiger charge is -2.34. The van der Waals surface area contributed by atoms with Crippen LogP contribution >= 0.6 is 0 Å². The van der Waals surface area contributed by atoms with Crippen LogP contribution in [-0.4, -0.2) is 57.6 Å². The van der Waals surface area contributed by atoms with Crippen LogP contribution in [0.15, 0.2) is 59.5 Å². The number of aromatic hydroxyl groups is 1. The number of rotatable bonds is 6. The molecule has 0 saturated carbocycles. The summed E-state index contributed by atoms with van der Waals surface area (Å²) in [6.07, 6.45) is 0. The molecule has 24 heavy (non-hydrogen) atoms. The van der Waals surface area contributed by atoms with E-state index in [4.69, 9.17) is 0 Å². The van der Waals surface area contributed by atoms with Gasteiger partial charge in [0.25, 0.3) is 0 Å². The summed E-state index contributed by atoms with van der Waals surface area (Å²) in [5.74, 6) is 1.02. The van der Waals surface area contributed by atoms with E-state index in [9.17, 15) is 9.32 Å². The topological polar surface area (TPSA) is 43.8 Å². The van der Waals surface area contributed by atoms with Crippen LogP contribution in [0.4, 0.5) is 0 Å². The van der Waals surface area contributed by atoms with Crippen LogP contribution in [0.2, 0.25) is 0 Å². The van der Waals surface area contributed by atoms with E-state index in [1.54, 1.807) is 6.07 Å². The number of hydrogen-bond acceptors (Lipinski definition) is 4. The van der Waals surface area contributed by atoms with Crippen molar-refractivity contribution in [3.05, 3.63) is 60.2 Å². The van der Waals surface area contributed by atoms with Crippen LogP contribution in [0, 0.1) is 0 Å². The monoisotopic (exact) mass is 344 g/mol. The van der Waals surface area contributed by atoms with Gasteiger partial charge in [0.15, 0.2) is 0 Å². The highest BCUT2D eigenvalue weighted by Gasteiger charge is 2.17. The summed E-state index contributed by atoms with van der Waals surface area (Å²) in [5, 5.41) is 9.54. The van der Waals surface area contributed by atoms with Gasteiger partial charge in [0.2, 0.25) is 0 Å². The van der Waals surface area contributed by atoms with Gasteiger partial charge in [0.05, 0.1) is 10.8 Å². The Morgan fingerprint density at radius 1 is 0.917 bits per heavy atom. The molecule has 1 aliphatic heterocycles. The lowest BCUT2D eigenvalue weighted by molar-refractivity contribution is 0.132. The third kappa shape index (κ3) is 4.90.